The predicted octanol–water partition coefficient (Wildman–Crippen LogP) is 0.413. The summed E-state index contributed by atoms with van der Waals surface area (Å²) < 4.78 is 10.1. The van der Waals surface area contributed by atoms with Crippen LogP contribution in [0.4, 0.5) is 11.6 Å². The number of aryl methyl sites for hydroxylation is 1. The van der Waals surface area contributed by atoms with Crippen LogP contribution in [0.2, 0.25) is 0 Å². The van der Waals surface area contributed by atoms with Gasteiger partial charge in [0, 0.05) is 13.0 Å². The highest BCUT2D eigenvalue weighted by atomic mass is 16.5. The molecular weight excluding hydrogens is 236 g/mol. The molecule has 2 rings (SSSR count). The number of nitrogens with two attached hydrogens (primary N) is 1. The molecule has 0 aliphatic rings. The zero-order valence-electron chi connectivity index (χ0n) is 10.2. The Morgan fingerprint density at radius 3 is 2.94 bits per heavy atom. The third-order valence-electron chi connectivity index (χ3n) is 2.24. The molecule has 2 aromatic rings. The van der Waals surface area contributed by atoms with E-state index < -0.39 is 0 Å². The molecule has 2 aromatic heterocycles. The molecule has 0 fully saturated rings. The Bertz CT molecular complexity index is 527. The summed E-state index contributed by atoms with van der Waals surface area (Å²) in [6.07, 6.45) is 1.96. The zero-order valence-corrected chi connectivity index (χ0v) is 10.2. The Morgan fingerprint density at radius 2 is 2.28 bits per heavy atom. The fourth-order valence-electron chi connectivity index (χ4n) is 1.44. The number of hydrogen-bond acceptors (Lipinski definition) is 8. The minimum absolute atomic E-state index is 0.295. The lowest BCUT2D eigenvalue weighted by Crippen LogP contribution is -2.09. The van der Waals surface area contributed by atoms with Crippen LogP contribution in [0.15, 0.2) is 10.9 Å². The van der Waals surface area contributed by atoms with Crippen LogP contribution < -0.4 is 15.8 Å². The topological polar surface area (TPSA) is 112 Å². The molecule has 0 bridgehead atoms. The van der Waals surface area contributed by atoms with E-state index >= 15 is 0 Å². The lowest BCUT2D eigenvalue weighted by atomic mass is 10.4. The molecule has 0 saturated heterocycles. The quantitative estimate of drug-likeness (QED) is 0.784. The van der Waals surface area contributed by atoms with Crippen molar-refractivity contribution in [1.82, 2.24) is 20.1 Å². The second-order valence-corrected chi connectivity index (χ2v) is 3.55. The van der Waals surface area contributed by atoms with Crippen LogP contribution in [-0.4, -0.2) is 33.8 Å². The summed E-state index contributed by atoms with van der Waals surface area (Å²) in [6.45, 7) is 2.35. The van der Waals surface area contributed by atoms with Crippen LogP contribution in [0.1, 0.15) is 11.7 Å². The molecule has 3 N–H and O–H groups in total. The first-order chi connectivity index (χ1) is 8.70. The summed E-state index contributed by atoms with van der Waals surface area (Å²) in [4.78, 5) is 12.0. The SMILES string of the molecule is COc1c(N)ncnc1NCCc1nc(C)no1. The maximum atomic E-state index is 5.66. The standard InChI is InChI=1S/C10H14N6O2/c1-6-15-7(18-16-6)3-4-12-10-8(17-2)9(11)13-5-14-10/h5H,3-4H2,1-2H3,(H3,11,12,13,14). The van der Waals surface area contributed by atoms with Gasteiger partial charge in [-0.1, -0.05) is 5.16 Å². The van der Waals surface area contributed by atoms with E-state index in [1.54, 1.807) is 6.92 Å². The molecule has 0 saturated carbocycles. The third kappa shape index (κ3) is 2.65. The van der Waals surface area contributed by atoms with Crippen LogP contribution in [0.3, 0.4) is 0 Å². The monoisotopic (exact) mass is 250 g/mol. The lowest BCUT2D eigenvalue weighted by Gasteiger charge is -2.09. The van der Waals surface area contributed by atoms with Crippen molar-refractivity contribution < 1.29 is 9.26 Å². The van der Waals surface area contributed by atoms with Gasteiger partial charge in [-0.15, -0.1) is 0 Å². The van der Waals surface area contributed by atoms with Gasteiger partial charge in [0.2, 0.25) is 11.6 Å². The Morgan fingerprint density at radius 1 is 1.44 bits per heavy atom. The Labute approximate surface area is 104 Å². The van der Waals surface area contributed by atoms with Crippen molar-refractivity contribution in [3.05, 3.63) is 18.0 Å². The summed E-state index contributed by atoms with van der Waals surface area (Å²) in [6, 6.07) is 0. The number of rotatable bonds is 5. The summed E-state index contributed by atoms with van der Waals surface area (Å²) >= 11 is 0. The molecule has 0 atom stereocenters. The van der Waals surface area contributed by atoms with Gasteiger partial charge >= 0.3 is 0 Å². The number of methoxy groups -OCH3 is 1. The van der Waals surface area contributed by atoms with Gasteiger partial charge in [-0.05, 0) is 6.92 Å². The van der Waals surface area contributed by atoms with Crippen LogP contribution in [-0.2, 0) is 6.42 Å². The van der Waals surface area contributed by atoms with Crippen LogP contribution in [0.5, 0.6) is 5.75 Å². The Balaban J connectivity index is 1.96. The molecular formula is C10H14N6O2. The Hall–Kier alpha value is -2.38. The zero-order chi connectivity index (χ0) is 13.0. The molecule has 0 aromatic carbocycles. The van der Waals surface area contributed by atoms with Crippen LogP contribution in [0, 0.1) is 6.92 Å². The molecule has 0 radical (unpaired) electrons. The molecule has 8 heteroatoms. The minimum Gasteiger partial charge on any atom is -0.490 e. The number of hydrogen-bond donors (Lipinski definition) is 2. The molecule has 0 aliphatic carbocycles. The Kier molecular flexibility index (Phi) is 3.56. The maximum Gasteiger partial charge on any atom is 0.228 e. The van der Waals surface area contributed by atoms with Gasteiger partial charge in [0.25, 0.3) is 0 Å². The van der Waals surface area contributed by atoms with Crippen molar-refractivity contribution >= 4 is 11.6 Å². The molecule has 0 amide bonds. The highest BCUT2D eigenvalue weighted by Crippen LogP contribution is 2.25. The van der Waals surface area contributed by atoms with Crippen molar-refractivity contribution in [2.75, 3.05) is 24.7 Å². The van der Waals surface area contributed by atoms with Gasteiger partial charge in [0.05, 0.1) is 7.11 Å². The van der Waals surface area contributed by atoms with E-state index in [9.17, 15) is 0 Å². The van der Waals surface area contributed by atoms with Crippen molar-refractivity contribution in [3.63, 3.8) is 0 Å². The summed E-state index contributed by atoms with van der Waals surface area (Å²) in [7, 11) is 1.52. The van der Waals surface area contributed by atoms with Gasteiger partial charge in [-0.2, -0.15) is 4.98 Å². The number of aromatic nitrogens is 4. The number of nitrogen functional groups attached to an aromatic ring is 1. The maximum absolute atomic E-state index is 5.66. The molecule has 0 aliphatic heterocycles. The van der Waals surface area contributed by atoms with Gasteiger partial charge in [0.15, 0.2) is 17.5 Å². The number of ether oxygens (including phenoxy) is 1. The fraction of sp³-hybridized carbons (Fsp3) is 0.400. The van der Waals surface area contributed by atoms with Gasteiger partial charge in [-0.25, -0.2) is 9.97 Å². The van der Waals surface area contributed by atoms with Crippen molar-refractivity contribution in [1.29, 1.82) is 0 Å². The average Bonchev–Trinajstić information content (AvgIpc) is 2.75. The van der Waals surface area contributed by atoms with E-state index in [1.807, 2.05) is 0 Å². The first-order valence-corrected chi connectivity index (χ1v) is 5.38. The molecule has 2 heterocycles. The van der Waals surface area contributed by atoms with E-state index in [2.05, 4.69) is 25.4 Å². The summed E-state index contributed by atoms with van der Waals surface area (Å²) in [5.74, 6) is 2.46. The highest BCUT2D eigenvalue weighted by Gasteiger charge is 2.09. The summed E-state index contributed by atoms with van der Waals surface area (Å²) in [5.41, 5.74) is 5.66. The van der Waals surface area contributed by atoms with Crippen LogP contribution >= 0.6 is 0 Å². The fourth-order valence-corrected chi connectivity index (χ4v) is 1.44. The van der Waals surface area contributed by atoms with E-state index in [0.717, 1.165) is 0 Å². The minimum atomic E-state index is 0.295. The van der Waals surface area contributed by atoms with Crippen molar-refractivity contribution in [3.8, 4) is 5.75 Å². The van der Waals surface area contributed by atoms with Crippen LogP contribution in [0.25, 0.3) is 0 Å². The molecule has 8 nitrogen and oxygen atoms in total. The number of nitrogens with zero attached hydrogens (tertiary/aromatic N) is 4. The first kappa shape index (κ1) is 12.1. The highest BCUT2D eigenvalue weighted by molar-refractivity contribution is 5.61. The molecule has 96 valence electrons. The lowest BCUT2D eigenvalue weighted by molar-refractivity contribution is 0.376. The normalized spacial score (nSPS) is 10.3. The van der Waals surface area contributed by atoms with E-state index in [4.69, 9.17) is 15.0 Å². The van der Waals surface area contributed by atoms with Crippen molar-refractivity contribution in [2.24, 2.45) is 0 Å². The largest absolute Gasteiger partial charge is 0.490 e. The van der Waals surface area contributed by atoms with Gasteiger partial charge < -0.3 is 20.3 Å². The first-order valence-electron chi connectivity index (χ1n) is 5.38. The second-order valence-electron chi connectivity index (χ2n) is 3.55. The van der Waals surface area contributed by atoms with E-state index in [-0.39, 0.29) is 0 Å². The predicted molar refractivity (Wildman–Crippen MR) is 64.2 cm³/mol. The third-order valence-corrected chi connectivity index (χ3v) is 2.24. The molecule has 18 heavy (non-hydrogen) atoms. The molecule has 0 unspecified atom stereocenters. The van der Waals surface area contributed by atoms with E-state index in [0.29, 0.717) is 42.1 Å². The van der Waals surface area contributed by atoms with Gasteiger partial charge in [-0.3, -0.25) is 0 Å². The van der Waals surface area contributed by atoms with Crippen molar-refractivity contribution in [2.45, 2.75) is 13.3 Å². The second kappa shape index (κ2) is 5.30. The number of nitrogens with one attached hydrogen (secondary N) is 1. The van der Waals surface area contributed by atoms with Gasteiger partial charge in [0.1, 0.15) is 6.33 Å². The summed E-state index contributed by atoms with van der Waals surface area (Å²) in [5, 5.41) is 6.78. The van der Waals surface area contributed by atoms with E-state index in [1.165, 1.54) is 13.4 Å². The molecule has 0 spiro atoms. The smallest absolute Gasteiger partial charge is 0.228 e. The average molecular weight is 250 g/mol. The number of anilines is 2.